The van der Waals surface area contributed by atoms with Gasteiger partial charge in [-0.2, -0.15) is 0 Å². The Morgan fingerprint density at radius 2 is 2.00 bits per heavy atom. The first kappa shape index (κ1) is 11.4. The summed E-state index contributed by atoms with van der Waals surface area (Å²) in [7, 11) is 2.19. The zero-order valence-corrected chi connectivity index (χ0v) is 10.5. The van der Waals surface area contributed by atoms with Crippen LogP contribution in [0.25, 0.3) is 0 Å². The van der Waals surface area contributed by atoms with Crippen LogP contribution in [0.4, 0.5) is 5.69 Å². The normalized spacial score (nSPS) is 20.8. The minimum atomic E-state index is 0.620. The zero-order chi connectivity index (χ0) is 11.5. The topological polar surface area (TPSA) is 28.2 Å². The Morgan fingerprint density at radius 3 is 2.56 bits per heavy atom. The Bertz CT molecular complexity index is 336. The maximum Gasteiger partial charge on any atom is 0.0411 e. The van der Waals surface area contributed by atoms with Gasteiger partial charge in [0.05, 0.1) is 0 Å². The summed E-state index contributed by atoms with van der Waals surface area (Å²) < 4.78 is 0. The van der Waals surface area contributed by atoms with Crippen molar-refractivity contribution in [2.45, 2.75) is 32.7 Å². The molecule has 1 fully saturated rings. The van der Waals surface area contributed by atoms with Gasteiger partial charge in [-0.05, 0) is 45.4 Å². The number of aryl methyl sites for hydroxylation is 2. The standard InChI is InChI=1S/C13H21N3/c1-10-7-13(8-11(2)15-10)16(3)12-5-4-6-14-9-12/h7-8,12,14H,4-6,9H2,1-3H3. The summed E-state index contributed by atoms with van der Waals surface area (Å²) in [4.78, 5) is 6.80. The fourth-order valence-corrected chi connectivity index (χ4v) is 2.39. The number of likely N-dealkylation sites (N-methyl/N-ethyl adjacent to an activating group) is 1. The van der Waals surface area contributed by atoms with Crippen LogP contribution < -0.4 is 10.2 Å². The number of piperidine rings is 1. The van der Waals surface area contributed by atoms with Crippen LogP contribution in [0.1, 0.15) is 24.2 Å². The molecule has 0 bridgehead atoms. The summed E-state index contributed by atoms with van der Waals surface area (Å²) in [5.74, 6) is 0. The number of rotatable bonds is 2. The van der Waals surface area contributed by atoms with E-state index in [1.807, 2.05) is 0 Å². The minimum absolute atomic E-state index is 0.620. The minimum Gasteiger partial charge on any atom is -0.370 e. The van der Waals surface area contributed by atoms with Crippen molar-refractivity contribution in [3.05, 3.63) is 23.5 Å². The van der Waals surface area contributed by atoms with E-state index in [1.165, 1.54) is 25.1 Å². The second-order valence-electron chi connectivity index (χ2n) is 4.72. The van der Waals surface area contributed by atoms with Crippen molar-refractivity contribution in [2.24, 2.45) is 0 Å². The highest BCUT2D eigenvalue weighted by Gasteiger charge is 2.18. The predicted octanol–water partition coefficient (Wildman–Crippen LogP) is 1.89. The molecule has 0 aromatic carbocycles. The largest absolute Gasteiger partial charge is 0.370 e. The molecule has 3 heteroatoms. The quantitative estimate of drug-likeness (QED) is 0.823. The highest BCUT2D eigenvalue weighted by molar-refractivity contribution is 5.48. The lowest BCUT2D eigenvalue weighted by Crippen LogP contribution is -2.44. The molecule has 1 atom stereocenters. The van der Waals surface area contributed by atoms with Crippen molar-refractivity contribution in [1.82, 2.24) is 10.3 Å². The molecule has 88 valence electrons. The van der Waals surface area contributed by atoms with Crippen molar-refractivity contribution >= 4 is 5.69 Å². The van der Waals surface area contributed by atoms with Crippen LogP contribution >= 0.6 is 0 Å². The number of hydrogen-bond donors (Lipinski definition) is 1. The first-order chi connectivity index (χ1) is 7.66. The monoisotopic (exact) mass is 219 g/mol. The molecule has 1 aliphatic heterocycles. The van der Waals surface area contributed by atoms with E-state index in [9.17, 15) is 0 Å². The number of aromatic nitrogens is 1. The number of nitrogens with one attached hydrogen (secondary N) is 1. The van der Waals surface area contributed by atoms with Gasteiger partial charge in [0, 0.05) is 36.7 Å². The Hall–Kier alpha value is -1.09. The smallest absolute Gasteiger partial charge is 0.0411 e. The number of anilines is 1. The van der Waals surface area contributed by atoms with E-state index in [2.05, 4.69) is 48.2 Å². The summed E-state index contributed by atoms with van der Waals surface area (Å²) in [5.41, 5.74) is 3.50. The molecule has 2 rings (SSSR count). The molecule has 16 heavy (non-hydrogen) atoms. The lowest BCUT2D eigenvalue weighted by molar-refractivity contribution is 0.445. The molecule has 0 aliphatic carbocycles. The van der Waals surface area contributed by atoms with Crippen molar-refractivity contribution in [3.63, 3.8) is 0 Å². The second kappa shape index (κ2) is 4.83. The van der Waals surface area contributed by atoms with Crippen LogP contribution in [-0.2, 0) is 0 Å². The molecule has 1 unspecified atom stereocenters. The molecule has 0 amide bonds. The van der Waals surface area contributed by atoms with E-state index < -0.39 is 0 Å². The van der Waals surface area contributed by atoms with Gasteiger partial charge in [0.15, 0.2) is 0 Å². The fourth-order valence-electron chi connectivity index (χ4n) is 2.39. The highest BCUT2D eigenvalue weighted by atomic mass is 15.2. The van der Waals surface area contributed by atoms with Crippen molar-refractivity contribution in [3.8, 4) is 0 Å². The molecule has 1 N–H and O–H groups in total. The molecule has 1 aliphatic rings. The van der Waals surface area contributed by atoms with E-state index in [-0.39, 0.29) is 0 Å². The van der Waals surface area contributed by atoms with E-state index in [0.29, 0.717) is 6.04 Å². The molecule has 1 aromatic rings. The molecule has 3 nitrogen and oxygen atoms in total. The summed E-state index contributed by atoms with van der Waals surface area (Å²) in [5, 5.41) is 3.46. The van der Waals surface area contributed by atoms with Crippen LogP contribution in [0.5, 0.6) is 0 Å². The van der Waals surface area contributed by atoms with Crippen molar-refractivity contribution < 1.29 is 0 Å². The average molecular weight is 219 g/mol. The van der Waals surface area contributed by atoms with E-state index in [1.54, 1.807) is 0 Å². The summed E-state index contributed by atoms with van der Waals surface area (Å²) in [6.45, 7) is 6.38. The fraction of sp³-hybridized carbons (Fsp3) is 0.615. The summed E-state index contributed by atoms with van der Waals surface area (Å²) in [6.07, 6.45) is 2.56. The molecule has 1 saturated heterocycles. The third-order valence-electron chi connectivity index (χ3n) is 3.29. The van der Waals surface area contributed by atoms with Crippen molar-refractivity contribution in [2.75, 3.05) is 25.0 Å². The molecule has 2 heterocycles. The zero-order valence-electron chi connectivity index (χ0n) is 10.5. The predicted molar refractivity (Wildman–Crippen MR) is 68.0 cm³/mol. The Morgan fingerprint density at radius 1 is 1.31 bits per heavy atom. The van der Waals surface area contributed by atoms with Crippen LogP contribution in [0, 0.1) is 13.8 Å². The van der Waals surface area contributed by atoms with Gasteiger partial charge >= 0.3 is 0 Å². The van der Waals surface area contributed by atoms with Gasteiger partial charge in [0.2, 0.25) is 0 Å². The van der Waals surface area contributed by atoms with E-state index in [0.717, 1.165) is 17.9 Å². The average Bonchev–Trinajstić information content (AvgIpc) is 2.28. The first-order valence-corrected chi connectivity index (χ1v) is 6.05. The van der Waals surface area contributed by atoms with Crippen molar-refractivity contribution in [1.29, 1.82) is 0 Å². The second-order valence-corrected chi connectivity index (χ2v) is 4.72. The highest BCUT2D eigenvalue weighted by Crippen LogP contribution is 2.20. The molecule has 0 spiro atoms. The third-order valence-corrected chi connectivity index (χ3v) is 3.29. The lowest BCUT2D eigenvalue weighted by Gasteiger charge is -2.33. The molecular formula is C13H21N3. The van der Waals surface area contributed by atoms with Crippen LogP contribution in [-0.4, -0.2) is 31.2 Å². The van der Waals surface area contributed by atoms with Gasteiger partial charge in [-0.3, -0.25) is 4.98 Å². The lowest BCUT2D eigenvalue weighted by atomic mass is 10.1. The Kier molecular flexibility index (Phi) is 3.44. The van der Waals surface area contributed by atoms with Gasteiger partial charge in [-0.15, -0.1) is 0 Å². The SMILES string of the molecule is Cc1cc(N(C)C2CCCNC2)cc(C)n1. The van der Waals surface area contributed by atoms with Gasteiger partial charge in [-0.1, -0.05) is 0 Å². The molecule has 1 aromatic heterocycles. The molecular weight excluding hydrogens is 198 g/mol. The maximum atomic E-state index is 4.42. The molecule has 0 saturated carbocycles. The van der Waals surface area contributed by atoms with E-state index in [4.69, 9.17) is 0 Å². The first-order valence-electron chi connectivity index (χ1n) is 6.05. The van der Waals surface area contributed by atoms with Gasteiger partial charge in [0.25, 0.3) is 0 Å². The van der Waals surface area contributed by atoms with Crippen LogP contribution in [0.3, 0.4) is 0 Å². The number of hydrogen-bond acceptors (Lipinski definition) is 3. The third kappa shape index (κ3) is 2.53. The molecule has 0 radical (unpaired) electrons. The Balaban J connectivity index is 2.15. The van der Waals surface area contributed by atoms with Crippen LogP contribution in [0.2, 0.25) is 0 Å². The van der Waals surface area contributed by atoms with Crippen LogP contribution in [0.15, 0.2) is 12.1 Å². The Labute approximate surface area is 97.9 Å². The number of pyridine rings is 1. The summed E-state index contributed by atoms with van der Waals surface area (Å²) >= 11 is 0. The number of nitrogens with zero attached hydrogens (tertiary/aromatic N) is 2. The van der Waals surface area contributed by atoms with Gasteiger partial charge < -0.3 is 10.2 Å². The van der Waals surface area contributed by atoms with E-state index >= 15 is 0 Å². The van der Waals surface area contributed by atoms with Gasteiger partial charge in [-0.25, -0.2) is 0 Å². The summed E-state index contributed by atoms with van der Waals surface area (Å²) in [6, 6.07) is 4.96. The maximum absolute atomic E-state index is 4.42. The van der Waals surface area contributed by atoms with Gasteiger partial charge in [0.1, 0.15) is 0 Å².